The summed E-state index contributed by atoms with van der Waals surface area (Å²) >= 11 is 0. The van der Waals surface area contributed by atoms with E-state index in [-0.39, 0.29) is 17.8 Å². The smallest absolute Gasteiger partial charge is 0.338 e. The third kappa shape index (κ3) is 5.63. The summed E-state index contributed by atoms with van der Waals surface area (Å²) in [6, 6.07) is 1.14. The highest BCUT2D eigenvalue weighted by molar-refractivity contribution is 5.90. The predicted octanol–water partition coefficient (Wildman–Crippen LogP) is 3.47. The van der Waals surface area contributed by atoms with Crippen LogP contribution in [0.5, 0.6) is 0 Å². The molecule has 1 aliphatic heterocycles. The Kier molecular flexibility index (Phi) is 6.12. The second-order valence-corrected chi connectivity index (χ2v) is 7.53. The molecule has 2 aromatic rings. The quantitative estimate of drug-likeness (QED) is 0.521. The van der Waals surface area contributed by atoms with Crippen molar-refractivity contribution in [1.82, 2.24) is 24.6 Å². The van der Waals surface area contributed by atoms with Crippen LogP contribution in [0.25, 0.3) is 17.6 Å². The van der Waals surface area contributed by atoms with Crippen molar-refractivity contribution >= 4 is 12.1 Å². The minimum atomic E-state index is -4.97. The number of amides is 1. The largest absolute Gasteiger partial charge is 0.416 e. The Morgan fingerprint density at radius 1 is 1.10 bits per heavy atom. The van der Waals surface area contributed by atoms with Crippen LogP contribution in [0.2, 0.25) is 0 Å². The Bertz CT molecular complexity index is 941. The maximum absolute atomic E-state index is 13.0. The molecule has 1 saturated heterocycles. The zero-order valence-corrected chi connectivity index (χ0v) is 16.6. The van der Waals surface area contributed by atoms with Gasteiger partial charge in [-0.05, 0) is 32.3 Å². The normalized spacial score (nSPS) is 15.7. The van der Waals surface area contributed by atoms with Gasteiger partial charge in [0.15, 0.2) is 5.82 Å². The molecular weight excluding hydrogens is 428 g/mol. The molecule has 1 fully saturated rings. The van der Waals surface area contributed by atoms with Crippen LogP contribution in [0.3, 0.4) is 0 Å². The van der Waals surface area contributed by atoms with Crippen LogP contribution in [0.1, 0.15) is 11.1 Å². The number of aromatic nitrogens is 3. The molecule has 2 heterocycles. The van der Waals surface area contributed by atoms with Crippen LogP contribution >= 0.6 is 0 Å². The van der Waals surface area contributed by atoms with E-state index in [1.807, 2.05) is 19.0 Å². The molecule has 1 aliphatic rings. The van der Waals surface area contributed by atoms with E-state index < -0.39 is 29.0 Å². The van der Waals surface area contributed by atoms with Gasteiger partial charge in [-0.2, -0.15) is 26.3 Å². The first kappa shape index (κ1) is 22.8. The number of rotatable bonds is 5. The molecule has 1 aromatic carbocycles. The van der Waals surface area contributed by atoms with Crippen molar-refractivity contribution in [2.45, 2.75) is 12.4 Å². The summed E-state index contributed by atoms with van der Waals surface area (Å²) in [6.45, 7) is 2.07. The first-order chi connectivity index (χ1) is 14.3. The van der Waals surface area contributed by atoms with E-state index >= 15 is 0 Å². The second-order valence-electron chi connectivity index (χ2n) is 7.53. The summed E-state index contributed by atoms with van der Waals surface area (Å²) < 4.78 is 79.1. The van der Waals surface area contributed by atoms with Gasteiger partial charge in [-0.3, -0.25) is 4.79 Å². The average Bonchev–Trinajstić information content (AvgIpc) is 3.09. The van der Waals surface area contributed by atoms with Gasteiger partial charge >= 0.3 is 12.4 Å². The minimum Gasteiger partial charge on any atom is -0.338 e. The lowest BCUT2D eigenvalue weighted by Crippen LogP contribution is -2.52. The maximum Gasteiger partial charge on any atom is 0.416 e. The number of benzene rings is 1. The van der Waals surface area contributed by atoms with E-state index in [4.69, 9.17) is 0 Å². The van der Waals surface area contributed by atoms with E-state index in [1.165, 1.54) is 12.3 Å². The number of hydrogen-bond donors (Lipinski definition) is 0. The lowest BCUT2D eigenvalue weighted by Gasteiger charge is -2.39. The van der Waals surface area contributed by atoms with Gasteiger partial charge < -0.3 is 9.80 Å². The molecule has 6 nitrogen and oxygen atoms in total. The number of likely N-dealkylation sites (tertiary alicyclic amines) is 1. The lowest BCUT2D eigenvalue weighted by atomic mass is 10.00. The van der Waals surface area contributed by atoms with E-state index in [0.29, 0.717) is 31.1 Å². The van der Waals surface area contributed by atoms with Crippen LogP contribution in [-0.2, 0) is 17.1 Å². The summed E-state index contributed by atoms with van der Waals surface area (Å²) in [5, 5.41) is 3.86. The first-order valence-electron chi connectivity index (χ1n) is 9.16. The Balaban J connectivity index is 1.75. The van der Waals surface area contributed by atoms with Crippen molar-refractivity contribution in [3.05, 3.63) is 41.7 Å². The fourth-order valence-corrected chi connectivity index (χ4v) is 3.19. The topological polar surface area (TPSA) is 54.3 Å². The molecule has 0 spiro atoms. The summed E-state index contributed by atoms with van der Waals surface area (Å²) in [4.78, 5) is 19.5. The molecule has 0 aliphatic carbocycles. The van der Waals surface area contributed by atoms with Gasteiger partial charge in [0, 0.05) is 43.4 Å². The third-order valence-electron chi connectivity index (χ3n) is 4.62. The molecule has 0 unspecified atom stereocenters. The van der Waals surface area contributed by atoms with Crippen LogP contribution in [0, 0.1) is 5.92 Å². The van der Waals surface area contributed by atoms with Crippen molar-refractivity contribution < 1.29 is 31.1 Å². The highest BCUT2D eigenvalue weighted by atomic mass is 19.4. The number of alkyl halides is 6. The maximum atomic E-state index is 13.0. The Labute approximate surface area is 173 Å². The Hall–Kier alpha value is -2.89. The number of carbonyl (C=O) groups is 1. The molecule has 0 N–H and O–H groups in total. The highest BCUT2D eigenvalue weighted by Gasteiger charge is 2.37. The van der Waals surface area contributed by atoms with Gasteiger partial charge in [0.25, 0.3) is 0 Å². The summed E-state index contributed by atoms with van der Waals surface area (Å²) in [5.74, 6) is -0.219. The van der Waals surface area contributed by atoms with Crippen LogP contribution in [0.4, 0.5) is 26.3 Å². The van der Waals surface area contributed by atoms with Crippen molar-refractivity contribution in [2.24, 2.45) is 5.92 Å². The number of hydrogen-bond acceptors (Lipinski definition) is 4. The fourth-order valence-electron chi connectivity index (χ4n) is 3.19. The van der Waals surface area contributed by atoms with Crippen molar-refractivity contribution in [3.63, 3.8) is 0 Å². The standard InChI is InChI=1S/C19H19F6N5O/c1-28(2)8-12-9-29(10-12)16(31)3-4-30-11-26-17(27-30)13-5-14(18(20,21)22)7-15(6-13)19(23,24)25/h3-7,11-12H,8-10H2,1-2H3. The molecule has 168 valence electrons. The number of nitrogens with zero attached hydrogens (tertiary/aromatic N) is 5. The van der Waals surface area contributed by atoms with Crippen molar-refractivity contribution in [3.8, 4) is 11.4 Å². The molecule has 0 bridgehead atoms. The fraction of sp³-hybridized carbons (Fsp3) is 0.421. The molecule has 12 heteroatoms. The zero-order chi connectivity index (χ0) is 23.0. The van der Waals surface area contributed by atoms with Crippen molar-refractivity contribution in [1.29, 1.82) is 0 Å². The molecule has 0 radical (unpaired) electrons. The second kappa shape index (κ2) is 8.33. The van der Waals surface area contributed by atoms with Crippen LogP contribution in [0.15, 0.2) is 30.6 Å². The Morgan fingerprint density at radius 2 is 1.68 bits per heavy atom. The van der Waals surface area contributed by atoms with Gasteiger partial charge in [-0.25, -0.2) is 9.67 Å². The van der Waals surface area contributed by atoms with Crippen LogP contribution in [-0.4, -0.2) is 64.2 Å². The molecule has 1 amide bonds. The molecular formula is C19H19F6N5O. The third-order valence-corrected chi connectivity index (χ3v) is 4.62. The summed E-state index contributed by atoms with van der Waals surface area (Å²) in [7, 11) is 3.88. The lowest BCUT2D eigenvalue weighted by molar-refractivity contribution is -0.143. The Morgan fingerprint density at radius 3 is 2.19 bits per heavy atom. The highest BCUT2D eigenvalue weighted by Crippen LogP contribution is 2.38. The minimum absolute atomic E-state index is 0.0374. The molecule has 0 atom stereocenters. The molecule has 3 rings (SSSR count). The van der Waals surface area contributed by atoms with Crippen molar-refractivity contribution in [2.75, 3.05) is 33.7 Å². The molecule has 31 heavy (non-hydrogen) atoms. The number of halogens is 6. The van der Waals surface area contributed by atoms with Gasteiger partial charge in [-0.1, -0.05) is 0 Å². The van der Waals surface area contributed by atoms with Gasteiger partial charge in [0.1, 0.15) is 6.33 Å². The van der Waals surface area contributed by atoms with Crippen LogP contribution < -0.4 is 0 Å². The molecule has 1 aromatic heterocycles. The van der Waals surface area contributed by atoms with Gasteiger partial charge in [-0.15, -0.1) is 5.10 Å². The monoisotopic (exact) mass is 447 g/mol. The zero-order valence-electron chi connectivity index (χ0n) is 16.6. The van der Waals surface area contributed by atoms with E-state index in [0.717, 1.165) is 17.6 Å². The first-order valence-corrected chi connectivity index (χ1v) is 9.16. The van der Waals surface area contributed by atoms with Gasteiger partial charge in [0.05, 0.1) is 11.1 Å². The predicted molar refractivity (Wildman–Crippen MR) is 99.4 cm³/mol. The summed E-state index contributed by atoms with van der Waals surface area (Å²) in [6.07, 6.45) is -6.37. The SMILES string of the molecule is CN(C)CC1CN(C(=O)C=Cn2cnc(-c3cc(C(F)(F)F)cc(C(F)(F)F)c3)n2)C1. The van der Waals surface area contributed by atoms with Gasteiger partial charge in [0.2, 0.25) is 5.91 Å². The summed E-state index contributed by atoms with van der Waals surface area (Å²) in [5.41, 5.74) is -3.34. The van der Waals surface area contributed by atoms with E-state index in [9.17, 15) is 31.1 Å². The van der Waals surface area contributed by atoms with E-state index in [1.54, 1.807) is 4.90 Å². The average molecular weight is 447 g/mol. The number of carbonyl (C=O) groups excluding carboxylic acids is 1. The van der Waals surface area contributed by atoms with E-state index in [2.05, 4.69) is 10.1 Å². The molecule has 0 saturated carbocycles.